The molecule has 170 valence electrons. The van der Waals surface area contributed by atoms with Crippen molar-refractivity contribution in [1.82, 2.24) is 4.72 Å². The molecule has 1 saturated heterocycles. The second-order valence-electron chi connectivity index (χ2n) is 8.73. The van der Waals surface area contributed by atoms with E-state index in [-0.39, 0.29) is 23.1 Å². The van der Waals surface area contributed by atoms with Gasteiger partial charge in [-0.1, -0.05) is 37.6 Å². The molecule has 1 fully saturated rings. The number of hydrogen-bond acceptors (Lipinski definition) is 6. The van der Waals surface area contributed by atoms with Gasteiger partial charge >= 0.3 is 6.09 Å². The highest BCUT2D eigenvalue weighted by Crippen LogP contribution is 2.46. The topological polar surface area (TPSA) is 105 Å². The zero-order chi connectivity index (χ0) is 23.3. The molecule has 2 aromatic rings. The van der Waals surface area contributed by atoms with E-state index in [0.29, 0.717) is 30.3 Å². The summed E-state index contributed by atoms with van der Waals surface area (Å²) in [5, 5.41) is 3.76. The van der Waals surface area contributed by atoms with E-state index in [2.05, 4.69) is 19.2 Å². The number of carbonyl (C=O) groups excluding carboxylic acids is 2. The normalized spacial score (nSPS) is 19.7. The van der Waals surface area contributed by atoms with Crippen molar-refractivity contribution >= 4 is 45.0 Å². The molecule has 0 aliphatic carbocycles. The Bertz CT molecular complexity index is 1210. The third kappa shape index (κ3) is 4.40. The standard InChI is InChI=1S/C22H24ClN3O5S/c1-22(2)12-18(13-5-4-6-15(9-13)26-7-8-31-21(26)28)24-19-16(10-14(23)11-17(19)22)20(27)25-32(3,29)30/h4-6,9-11,18,24H,7-8,12H2,1-3H3,(H,25,27). The second-order valence-corrected chi connectivity index (χ2v) is 10.9. The van der Waals surface area contributed by atoms with E-state index in [1.165, 1.54) is 6.07 Å². The first-order chi connectivity index (χ1) is 14.9. The maximum absolute atomic E-state index is 12.8. The first-order valence-electron chi connectivity index (χ1n) is 10.1. The number of nitrogens with zero attached hydrogens (tertiary/aromatic N) is 1. The molecule has 0 radical (unpaired) electrons. The van der Waals surface area contributed by atoms with Crippen LogP contribution in [-0.2, 0) is 20.2 Å². The van der Waals surface area contributed by atoms with Crippen molar-refractivity contribution in [3.8, 4) is 0 Å². The van der Waals surface area contributed by atoms with Crippen LogP contribution >= 0.6 is 11.6 Å². The van der Waals surface area contributed by atoms with Gasteiger partial charge in [-0.25, -0.2) is 17.9 Å². The summed E-state index contributed by atoms with van der Waals surface area (Å²) in [6.07, 6.45) is 1.25. The fourth-order valence-corrected chi connectivity index (χ4v) is 4.95. The minimum absolute atomic E-state index is 0.162. The Morgan fingerprint density at radius 2 is 2.03 bits per heavy atom. The molecule has 0 saturated carbocycles. The number of cyclic esters (lactones) is 1. The Morgan fingerprint density at radius 1 is 1.28 bits per heavy atom. The van der Waals surface area contributed by atoms with Gasteiger partial charge in [0.25, 0.3) is 5.91 Å². The van der Waals surface area contributed by atoms with Crippen LogP contribution in [0.4, 0.5) is 16.2 Å². The van der Waals surface area contributed by atoms with E-state index in [0.717, 1.165) is 23.1 Å². The average Bonchev–Trinajstić information content (AvgIpc) is 3.12. The van der Waals surface area contributed by atoms with E-state index in [9.17, 15) is 18.0 Å². The van der Waals surface area contributed by atoms with Crippen molar-refractivity contribution in [3.63, 3.8) is 0 Å². The number of benzene rings is 2. The molecule has 10 heteroatoms. The molecule has 2 aliphatic heterocycles. The van der Waals surface area contributed by atoms with Gasteiger partial charge in [0.15, 0.2) is 0 Å². The monoisotopic (exact) mass is 477 g/mol. The molecule has 2 amide bonds. The molecule has 2 N–H and O–H groups in total. The number of amides is 2. The average molecular weight is 478 g/mol. The van der Waals surface area contributed by atoms with Crippen LogP contribution < -0.4 is 14.9 Å². The Balaban J connectivity index is 1.74. The van der Waals surface area contributed by atoms with Gasteiger partial charge in [0.1, 0.15) is 6.61 Å². The number of ether oxygens (including phenoxy) is 1. The van der Waals surface area contributed by atoms with Crippen LogP contribution in [0.5, 0.6) is 0 Å². The Labute approximate surface area is 191 Å². The summed E-state index contributed by atoms with van der Waals surface area (Å²) in [4.78, 5) is 26.3. The molecule has 2 heterocycles. The zero-order valence-corrected chi connectivity index (χ0v) is 19.5. The predicted octanol–water partition coefficient (Wildman–Crippen LogP) is 3.82. The highest BCUT2D eigenvalue weighted by atomic mass is 35.5. The van der Waals surface area contributed by atoms with Crippen LogP contribution in [0, 0.1) is 0 Å². The molecule has 1 unspecified atom stereocenters. The molecule has 1 atom stereocenters. The van der Waals surface area contributed by atoms with Crippen LogP contribution in [0.15, 0.2) is 36.4 Å². The largest absolute Gasteiger partial charge is 0.447 e. The molecule has 0 bridgehead atoms. The maximum Gasteiger partial charge on any atom is 0.414 e. The van der Waals surface area contributed by atoms with Crippen molar-refractivity contribution in [1.29, 1.82) is 0 Å². The van der Waals surface area contributed by atoms with Crippen LogP contribution in [0.2, 0.25) is 5.02 Å². The van der Waals surface area contributed by atoms with E-state index < -0.39 is 15.9 Å². The molecule has 4 rings (SSSR count). The van der Waals surface area contributed by atoms with Crippen LogP contribution in [0.1, 0.15) is 47.8 Å². The molecule has 0 spiro atoms. The quantitative estimate of drug-likeness (QED) is 0.693. The van der Waals surface area contributed by atoms with E-state index >= 15 is 0 Å². The smallest absolute Gasteiger partial charge is 0.414 e. The van der Waals surface area contributed by atoms with E-state index in [4.69, 9.17) is 16.3 Å². The summed E-state index contributed by atoms with van der Waals surface area (Å²) in [6, 6.07) is 10.7. The lowest BCUT2D eigenvalue weighted by molar-refractivity contribution is 0.0982. The summed E-state index contributed by atoms with van der Waals surface area (Å²) < 4.78 is 30.4. The number of nitrogens with one attached hydrogen (secondary N) is 2. The molecular weight excluding hydrogens is 454 g/mol. The van der Waals surface area contributed by atoms with Crippen molar-refractivity contribution < 1.29 is 22.7 Å². The number of fused-ring (bicyclic) bond motifs is 1. The maximum atomic E-state index is 12.8. The Hall–Kier alpha value is -2.78. The Kier molecular flexibility index (Phi) is 5.58. The van der Waals surface area contributed by atoms with Gasteiger partial charge in [-0.3, -0.25) is 9.69 Å². The van der Waals surface area contributed by atoms with Crippen molar-refractivity contribution in [2.24, 2.45) is 0 Å². The lowest BCUT2D eigenvalue weighted by atomic mass is 9.73. The molecule has 2 aromatic carbocycles. The third-order valence-electron chi connectivity index (χ3n) is 5.73. The van der Waals surface area contributed by atoms with Gasteiger partial charge in [0.2, 0.25) is 10.0 Å². The molecule has 0 aromatic heterocycles. The minimum Gasteiger partial charge on any atom is -0.447 e. The number of rotatable bonds is 4. The van der Waals surface area contributed by atoms with Gasteiger partial charge in [-0.05, 0) is 47.2 Å². The fraction of sp³-hybridized carbons (Fsp3) is 0.364. The number of hydrogen-bond donors (Lipinski definition) is 2. The predicted molar refractivity (Wildman–Crippen MR) is 123 cm³/mol. The van der Waals surface area contributed by atoms with Crippen LogP contribution in [0.25, 0.3) is 0 Å². The summed E-state index contributed by atoms with van der Waals surface area (Å²) in [6.45, 7) is 4.94. The lowest BCUT2D eigenvalue weighted by Gasteiger charge is -2.40. The number of sulfonamides is 1. The van der Waals surface area contributed by atoms with Crippen molar-refractivity contribution in [2.75, 3.05) is 29.6 Å². The van der Waals surface area contributed by atoms with Crippen molar-refractivity contribution in [3.05, 3.63) is 58.1 Å². The summed E-state index contributed by atoms with van der Waals surface area (Å²) in [5.74, 6) is -0.747. The van der Waals surface area contributed by atoms with Crippen LogP contribution in [-0.4, -0.2) is 39.8 Å². The molecule has 32 heavy (non-hydrogen) atoms. The fourth-order valence-electron chi connectivity index (χ4n) is 4.28. The first kappa shape index (κ1) is 22.4. The van der Waals surface area contributed by atoms with E-state index in [1.807, 2.05) is 29.0 Å². The molecule has 2 aliphatic rings. The number of anilines is 2. The molecule has 8 nitrogen and oxygen atoms in total. The van der Waals surface area contributed by atoms with Crippen molar-refractivity contribution in [2.45, 2.75) is 31.7 Å². The minimum atomic E-state index is -3.75. The highest BCUT2D eigenvalue weighted by Gasteiger charge is 2.37. The zero-order valence-electron chi connectivity index (χ0n) is 17.9. The number of halogens is 1. The van der Waals surface area contributed by atoms with Gasteiger partial charge in [0, 0.05) is 10.7 Å². The van der Waals surface area contributed by atoms with Gasteiger partial charge < -0.3 is 10.1 Å². The van der Waals surface area contributed by atoms with Gasteiger partial charge in [-0.2, -0.15) is 0 Å². The first-order valence-corrected chi connectivity index (χ1v) is 12.4. The summed E-state index contributed by atoms with van der Waals surface area (Å²) >= 11 is 6.28. The van der Waals surface area contributed by atoms with E-state index in [1.54, 1.807) is 11.0 Å². The SMILES string of the molecule is CC1(C)CC(c2cccc(N3CCOC3=O)c2)Nc2c(C(=O)NS(C)(=O)=O)cc(Cl)cc21. The number of carbonyl (C=O) groups is 2. The lowest BCUT2D eigenvalue weighted by Crippen LogP contribution is -2.35. The summed E-state index contributed by atoms with van der Waals surface area (Å²) in [5.41, 5.74) is 2.85. The van der Waals surface area contributed by atoms with Crippen LogP contribution in [0.3, 0.4) is 0 Å². The Morgan fingerprint density at radius 3 is 2.69 bits per heavy atom. The third-order valence-corrected chi connectivity index (χ3v) is 6.51. The van der Waals surface area contributed by atoms with Gasteiger partial charge in [0.05, 0.1) is 30.1 Å². The summed E-state index contributed by atoms with van der Waals surface area (Å²) in [7, 11) is -3.75. The molecular formula is C22H24ClN3O5S. The highest BCUT2D eigenvalue weighted by molar-refractivity contribution is 7.89. The van der Waals surface area contributed by atoms with Gasteiger partial charge in [-0.15, -0.1) is 0 Å². The second kappa shape index (κ2) is 7.97.